The molecule has 0 unspecified atom stereocenters. The summed E-state index contributed by atoms with van der Waals surface area (Å²) < 4.78 is 7.51. The number of anilines is 1. The van der Waals surface area contributed by atoms with Crippen LogP contribution in [-0.4, -0.2) is 21.9 Å². The lowest BCUT2D eigenvalue weighted by atomic mass is 10.1. The topological polar surface area (TPSA) is 79.4 Å². The fraction of sp³-hybridized carbons (Fsp3) is 0.125. The van der Waals surface area contributed by atoms with Crippen molar-refractivity contribution in [2.24, 2.45) is 0 Å². The number of hydrogen-bond acceptors (Lipinski definition) is 4. The van der Waals surface area contributed by atoms with Gasteiger partial charge < -0.3 is 14.5 Å². The molecule has 30 heavy (non-hydrogen) atoms. The van der Waals surface area contributed by atoms with Crippen LogP contribution in [0.4, 0.5) is 5.69 Å². The van der Waals surface area contributed by atoms with Crippen molar-refractivity contribution in [3.63, 3.8) is 0 Å². The van der Waals surface area contributed by atoms with Crippen LogP contribution >= 0.6 is 0 Å². The lowest BCUT2D eigenvalue weighted by Crippen LogP contribution is -2.20. The molecule has 0 radical (unpaired) electrons. The van der Waals surface area contributed by atoms with Crippen LogP contribution < -0.4 is 10.1 Å². The minimum atomic E-state index is -0.243. The zero-order chi connectivity index (χ0) is 20.9. The van der Waals surface area contributed by atoms with Crippen LogP contribution in [0.2, 0.25) is 0 Å². The molecule has 0 aliphatic rings. The summed E-state index contributed by atoms with van der Waals surface area (Å²) in [6, 6.07) is 20.8. The van der Waals surface area contributed by atoms with Gasteiger partial charge in [0.2, 0.25) is 0 Å². The summed E-state index contributed by atoms with van der Waals surface area (Å²) in [5.74, 6) is 0.344. The Bertz CT molecular complexity index is 1220. The molecule has 0 saturated heterocycles. The monoisotopic (exact) mass is 396 g/mol. The van der Waals surface area contributed by atoms with Gasteiger partial charge in [0.25, 0.3) is 5.91 Å². The number of aryl methyl sites for hydroxylation is 1. The Hall–Kier alpha value is -4.11. The summed E-state index contributed by atoms with van der Waals surface area (Å²) >= 11 is 0. The highest BCUT2D eigenvalue weighted by molar-refractivity contribution is 5.92. The largest absolute Gasteiger partial charge is 0.484 e. The lowest BCUT2D eigenvalue weighted by Gasteiger charge is -2.08. The maximum absolute atomic E-state index is 12.2. The molecule has 6 heteroatoms. The molecule has 4 rings (SSSR count). The number of fused-ring (bicyclic) bond motifs is 1. The molecule has 0 saturated carbocycles. The fourth-order valence-electron chi connectivity index (χ4n) is 3.16. The van der Waals surface area contributed by atoms with Crippen molar-refractivity contribution < 1.29 is 9.53 Å². The number of rotatable bonds is 6. The Morgan fingerprint density at radius 3 is 2.60 bits per heavy atom. The van der Waals surface area contributed by atoms with E-state index in [-0.39, 0.29) is 12.5 Å². The van der Waals surface area contributed by atoms with Gasteiger partial charge in [0.05, 0.1) is 18.2 Å². The van der Waals surface area contributed by atoms with Gasteiger partial charge in [0.1, 0.15) is 11.4 Å². The maximum Gasteiger partial charge on any atom is 0.262 e. The lowest BCUT2D eigenvalue weighted by molar-refractivity contribution is -0.118. The van der Waals surface area contributed by atoms with Gasteiger partial charge in [-0.1, -0.05) is 30.3 Å². The number of nitrogens with one attached hydrogen (secondary N) is 1. The Labute approximate surface area is 174 Å². The Kier molecular flexibility index (Phi) is 5.44. The van der Waals surface area contributed by atoms with Crippen molar-refractivity contribution in [3.8, 4) is 23.1 Å². The first-order chi connectivity index (χ1) is 14.6. The molecule has 6 nitrogen and oxygen atoms in total. The molecule has 0 aliphatic heterocycles. The average molecular weight is 396 g/mol. The molecular formula is C24H20N4O2. The van der Waals surface area contributed by atoms with E-state index in [2.05, 4.69) is 11.4 Å². The normalized spacial score (nSPS) is 10.5. The van der Waals surface area contributed by atoms with Gasteiger partial charge in [0, 0.05) is 23.6 Å². The van der Waals surface area contributed by atoms with E-state index in [0.29, 0.717) is 17.9 Å². The Morgan fingerprint density at radius 2 is 1.90 bits per heavy atom. The highest BCUT2D eigenvalue weighted by Gasteiger charge is 2.08. The molecule has 2 aromatic carbocycles. The van der Waals surface area contributed by atoms with Gasteiger partial charge in [-0.05, 0) is 48.4 Å². The van der Waals surface area contributed by atoms with Crippen molar-refractivity contribution in [1.82, 2.24) is 9.38 Å². The first kappa shape index (κ1) is 19.2. The third-order valence-electron chi connectivity index (χ3n) is 4.72. The number of pyridine rings is 1. The summed E-state index contributed by atoms with van der Waals surface area (Å²) in [5, 5.41) is 11.5. The second-order valence-electron chi connectivity index (χ2n) is 6.94. The van der Waals surface area contributed by atoms with Gasteiger partial charge >= 0.3 is 0 Å². The fourth-order valence-corrected chi connectivity index (χ4v) is 3.16. The predicted octanol–water partition coefficient (Wildman–Crippen LogP) is 4.39. The molecule has 0 aliphatic carbocycles. The standard InChI is InChI=1S/C24H20N4O2/c1-17-3-2-14-28-15-22(27-24(17)28)19-6-8-20(9-7-19)26-23(29)16-30-21-10-4-18(5-11-21)12-13-25/h2-11,14-15H,12,16H2,1H3,(H,26,29). The van der Waals surface area contributed by atoms with Gasteiger partial charge in [-0.15, -0.1) is 0 Å². The smallest absolute Gasteiger partial charge is 0.262 e. The highest BCUT2D eigenvalue weighted by atomic mass is 16.5. The summed E-state index contributed by atoms with van der Waals surface area (Å²) in [6.45, 7) is 1.94. The van der Waals surface area contributed by atoms with Crippen LogP contribution in [0.1, 0.15) is 11.1 Å². The van der Waals surface area contributed by atoms with Crippen molar-refractivity contribution in [2.45, 2.75) is 13.3 Å². The van der Waals surface area contributed by atoms with E-state index in [9.17, 15) is 4.79 Å². The molecule has 0 atom stereocenters. The molecule has 1 amide bonds. The van der Waals surface area contributed by atoms with Gasteiger partial charge in [-0.2, -0.15) is 5.26 Å². The second kappa shape index (κ2) is 8.50. The minimum Gasteiger partial charge on any atom is -0.484 e. The minimum absolute atomic E-state index is 0.0922. The van der Waals surface area contributed by atoms with Crippen LogP contribution in [0.5, 0.6) is 5.75 Å². The van der Waals surface area contributed by atoms with Crippen LogP contribution in [-0.2, 0) is 11.2 Å². The number of hydrogen-bond donors (Lipinski definition) is 1. The summed E-state index contributed by atoms with van der Waals surface area (Å²) in [5.41, 5.74) is 5.51. The number of amides is 1. The molecule has 0 bridgehead atoms. The molecule has 0 spiro atoms. The average Bonchev–Trinajstić information content (AvgIpc) is 3.20. The van der Waals surface area contributed by atoms with Crippen molar-refractivity contribution in [2.75, 3.05) is 11.9 Å². The van der Waals surface area contributed by atoms with Crippen LogP contribution in [0.15, 0.2) is 73.1 Å². The molecular weight excluding hydrogens is 376 g/mol. The molecule has 0 fully saturated rings. The highest BCUT2D eigenvalue weighted by Crippen LogP contribution is 2.22. The quantitative estimate of drug-likeness (QED) is 0.524. The van der Waals surface area contributed by atoms with Crippen molar-refractivity contribution in [1.29, 1.82) is 5.26 Å². The second-order valence-corrected chi connectivity index (χ2v) is 6.94. The van der Waals surface area contributed by atoms with Crippen molar-refractivity contribution >= 4 is 17.2 Å². The number of benzene rings is 2. The van der Waals surface area contributed by atoms with Crippen LogP contribution in [0, 0.1) is 18.3 Å². The maximum atomic E-state index is 12.2. The number of aromatic nitrogens is 2. The van der Waals surface area contributed by atoms with Gasteiger partial charge in [0.15, 0.2) is 6.61 Å². The van der Waals surface area contributed by atoms with Gasteiger partial charge in [-0.3, -0.25) is 4.79 Å². The first-order valence-electron chi connectivity index (χ1n) is 9.56. The van der Waals surface area contributed by atoms with E-state index in [4.69, 9.17) is 15.0 Å². The van der Waals surface area contributed by atoms with Crippen molar-refractivity contribution in [3.05, 3.63) is 84.2 Å². The summed E-state index contributed by atoms with van der Waals surface area (Å²) in [4.78, 5) is 16.9. The van der Waals surface area contributed by atoms with E-state index in [1.54, 1.807) is 12.1 Å². The number of imidazole rings is 1. The Morgan fingerprint density at radius 1 is 1.13 bits per heavy atom. The first-order valence-corrected chi connectivity index (χ1v) is 9.56. The SMILES string of the molecule is Cc1cccn2cc(-c3ccc(NC(=O)COc4ccc(CC#N)cc4)cc3)nc12. The molecule has 4 aromatic rings. The predicted molar refractivity (Wildman–Crippen MR) is 115 cm³/mol. The molecule has 2 aromatic heterocycles. The number of carbonyl (C=O) groups is 1. The van der Waals surface area contributed by atoms with E-state index < -0.39 is 0 Å². The van der Waals surface area contributed by atoms with E-state index >= 15 is 0 Å². The molecule has 148 valence electrons. The van der Waals surface area contributed by atoms with Crippen LogP contribution in [0.25, 0.3) is 16.9 Å². The van der Waals surface area contributed by atoms with E-state index in [1.807, 2.05) is 72.2 Å². The third-order valence-corrected chi connectivity index (χ3v) is 4.72. The zero-order valence-corrected chi connectivity index (χ0v) is 16.5. The van der Waals surface area contributed by atoms with Crippen LogP contribution in [0.3, 0.4) is 0 Å². The van der Waals surface area contributed by atoms with Gasteiger partial charge in [-0.25, -0.2) is 4.98 Å². The summed E-state index contributed by atoms with van der Waals surface area (Å²) in [7, 11) is 0. The molecule has 1 N–H and O–H groups in total. The van der Waals surface area contributed by atoms with E-state index in [0.717, 1.165) is 28.0 Å². The number of nitrogens with zero attached hydrogens (tertiary/aromatic N) is 3. The van der Waals surface area contributed by atoms with E-state index in [1.165, 1.54) is 0 Å². The molecule has 2 heterocycles. The Balaban J connectivity index is 1.36. The zero-order valence-electron chi connectivity index (χ0n) is 16.5. The number of nitriles is 1. The number of ether oxygens (including phenoxy) is 1. The summed E-state index contributed by atoms with van der Waals surface area (Å²) in [6.07, 6.45) is 4.32. The number of carbonyl (C=O) groups excluding carboxylic acids is 1. The third kappa shape index (κ3) is 4.31.